The van der Waals surface area contributed by atoms with Crippen LogP contribution in [0.5, 0.6) is 0 Å². The molecule has 1 saturated heterocycles. The van der Waals surface area contributed by atoms with E-state index < -0.39 is 5.97 Å². The summed E-state index contributed by atoms with van der Waals surface area (Å²) >= 11 is 0. The number of hydrogen-bond acceptors (Lipinski definition) is 5. The second kappa shape index (κ2) is 7.72. The van der Waals surface area contributed by atoms with Gasteiger partial charge in [0.25, 0.3) is 0 Å². The fourth-order valence-electron chi connectivity index (χ4n) is 2.41. The molecule has 0 aromatic carbocycles. The third-order valence-corrected chi connectivity index (χ3v) is 3.60. The summed E-state index contributed by atoms with van der Waals surface area (Å²) in [5, 5.41) is 22.0. The molecule has 1 aliphatic rings. The highest BCUT2D eigenvalue weighted by Gasteiger charge is 2.14. The van der Waals surface area contributed by atoms with E-state index in [1.807, 2.05) is 0 Å². The average Bonchev–Trinajstić information content (AvgIpc) is 2.95. The molecule has 116 valence electrons. The number of aromatic carboxylic acids is 1. The Bertz CT molecular complexity index is 482. The zero-order valence-corrected chi connectivity index (χ0v) is 11.9. The van der Waals surface area contributed by atoms with E-state index in [9.17, 15) is 9.59 Å². The normalized spacial score (nSPS) is 18.4. The van der Waals surface area contributed by atoms with Crippen molar-refractivity contribution >= 4 is 11.9 Å². The lowest BCUT2D eigenvalue weighted by Crippen LogP contribution is -2.32. The van der Waals surface area contributed by atoms with Gasteiger partial charge in [-0.05, 0) is 38.3 Å². The van der Waals surface area contributed by atoms with E-state index in [0.29, 0.717) is 25.4 Å². The van der Waals surface area contributed by atoms with Gasteiger partial charge in [0, 0.05) is 13.0 Å². The van der Waals surface area contributed by atoms with Crippen molar-refractivity contribution < 1.29 is 14.7 Å². The molecule has 3 N–H and O–H groups in total. The Kier molecular flexibility index (Phi) is 5.68. The number of piperidine rings is 1. The van der Waals surface area contributed by atoms with Crippen molar-refractivity contribution in [1.82, 2.24) is 25.6 Å². The van der Waals surface area contributed by atoms with Gasteiger partial charge >= 0.3 is 5.97 Å². The number of rotatable bonds is 7. The van der Waals surface area contributed by atoms with E-state index in [1.54, 1.807) is 0 Å². The van der Waals surface area contributed by atoms with Crippen LogP contribution in [0.4, 0.5) is 0 Å². The van der Waals surface area contributed by atoms with Crippen LogP contribution in [0.3, 0.4) is 0 Å². The van der Waals surface area contributed by atoms with Crippen molar-refractivity contribution in [3.05, 3.63) is 11.9 Å². The van der Waals surface area contributed by atoms with Gasteiger partial charge in [-0.1, -0.05) is 5.21 Å². The summed E-state index contributed by atoms with van der Waals surface area (Å²) in [5.41, 5.74) is -0.0916. The Morgan fingerprint density at radius 2 is 2.38 bits per heavy atom. The number of carbonyl (C=O) groups excluding carboxylic acids is 1. The Balaban J connectivity index is 1.61. The predicted octanol–water partition coefficient (Wildman–Crippen LogP) is -0.128. The maximum Gasteiger partial charge on any atom is 0.358 e. The fraction of sp³-hybridized carbons (Fsp3) is 0.692. The van der Waals surface area contributed by atoms with Crippen LogP contribution in [-0.4, -0.2) is 51.6 Å². The minimum absolute atomic E-state index is 0.0270. The van der Waals surface area contributed by atoms with E-state index in [1.165, 1.54) is 23.7 Å². The number of aromatic nitrogens is 3. The Hall–Kier alpha value is -1.96. The molecule has 1 aromatic rings. The van der Waals surface area contributed by atoms with Crippen LogP contribution >= 0.6 is 0 Å². The summed E-state index contributed by atoms with van der Waals surface area (Å²) in [4.78, 5) is 22.4. The number of hydrogen-bond donors (Lipinski definition) is 3. The van der Waals surface area contributed by atoms with Gasteiger partial charge in [0.15, 0.2) is 5.69 Å². The van der Waals surface area contributed by atoms with E-state index in [-0.39, 0.29) is 11.6 Å². The van der Waals surface area contributed by atoms with Gasteiger partial charge < -0.3 is 15.7 Å². The second-order valence-electron chi connectivity index (χ2n) is 5.27. The molecule has 1 aliphatic heterocycles. The van der Waals surface area contributed by atoms with Crippen molar-refractivity contribution in [2.24, 2.45) is 5.92 Å². The van der Waals surface area contributed by atoms with Crippen LogP contribution in [0.2, 0.25) is 0 Å². The first-order valence-electron chi connectivity index (χ1n) is 7.26. The third kappa shape index (κ3) is 5.14. The molecule has 0 saturated carbocycles. The molecule has 1 unspecified atom stereocenters. The molecule has 0 aliphatic carbocycles. The van der Waals surface area contributed by atoms with Crippen LogP contribution in [-0.2, 0) is 11.3 Å². The highest BCUT2D eigenvalue weighted by atomic mass is 16.4. The molecule has 21 heavy (non-hydrogen) atoms. The first kappa shape index (κ1) is 15.4. The molecular weight excluding hydrogens is 274 g/mol. The molecule has 0 radical (unpaired) electrons. The molecule has 8 nitrogen and oxygen atoms in total. The lowest BCUT2D eigenvalue weighted by Gasteiger charge is -2.22. The fourth-order valence-corrected chi connectivity index (χ4v) is 2.41. The van der Waals surface area contributed by atoms with Crippen LogP contribution in [0, 0.1) is 5.92 Å². The van der Waals surface area contributed by atoms with Gasteiger partial charge in [0.2, 0.25) is 5.91 Å². The maximum atomic E-state index is 11.7. The summed E-state index contributed by atoms with van der Waals surface area (Å²) in [6.45, 7) is 2.92. The zero-order chi connectivity index (χ0) is 15.1. The van der Waals surface area contributed by atoms with E-state index in [0.717, 1.165) is 19.5 Å². The van der Waals surface area contributed by atoms with Crippen molar-refractivity contribution in [2.45, 2.75) is 32.2 Å². The average molecular weight is 295 g/mol. The lowest BCUT2D eigenvalue weighted by molar-refractivity contribution is -0.121. The van der Waals surface area contributed by atoms with Crippen LogP contribution in [0.15, 0.2) is 6.20 Å². The van der Waals surface area contributed by atoms with Gasteiger partial charge in [-0.25, -0.2) is 9.48 Å². The highest BCUT2D eigenvalue weighted by molar-refractivity contribution is 5.84. The molecule has 1 fully saturated rings. The summed E-state index contributed by atoms with van der Waals surface area (Å²) in [6.07, 6.45) is 5.17. The van der Waals surface area contributed by atoms with E-state index in [4.69, 9.17) is 5.11 Å². The first-order valence-corrected chi connectivity index (χ1v) is 7.26. The number of carboxylic acid groups (broad SMARTS) is 1. The molecular formula is C13H21N5O3. The van der Waals surface area contributed by atoms with Crippen LogP contribution < -0.4 is 10.6 Å². The molecule has 1 atom stereocenters. The van der Waals surface area contributed by atoms with Crippen LogP contribution in [0.25, 0.3) is 0 Å². The molecule has 0 bridgehead atoms. The minimum atomic E-state index is -1.11. The monoisotopic (exact) mass is 295 g/mol. The number of carboxylic acids is 1. The molecule has 1 aromatic heterocycles. The Morgan fingerprint density at radius 1 is 1.52 bits per heavy atom. The van der Waals surface area contributed by atoms with Crippen molar-refractivity contribution in [1.29, 1.82) is 0 Å². The van der Waals surface area contributed by atoms with Crippen LogP contribution in [0.1, 0.15) is 36.2 Å². The quantitative estimate of drug-likeness (QED) is 0.646. The minimum Gasteiger partial charge on any atom is -0.476 e. The number of carbonyl (C=O) groups is 2. The summed E-state index contributed by atoms with van der Waals surface area (Å²) < 4.78 is 1.41. The zero-order valence-electron chi connectivity index (χ0n) is 11.9. The first-order chi connectivity index (χ1) is 10.1. The van der Waals surface area contributed by atoms with E-state index >= 15 is 0 Å². The van der Waals surface area contributed by atoms with E-state index in [2.05, 4.69) is 20.9 Å². The van der Waals surface area contributed by atoms with Gasteiger partial charge in [0.05, 0.1) is 12.7 Å². The van der Waals surface area contributed by atoms with Crippen molar-refractivity contribution in [2.75, 3.05) is 19.6 Å². The van der Waals surface area contributed by atoms with Gasteiger partial charge in [-0.3, -0.25) is 4.79 Å². The number of nitrogens with one attached hydrogen (secondary N) is 2. The Morgan fingerprint density at radius 3 is 3.05 bits per heavy atom. The molecule has 8 heteroatoms. The largest absolute Gasteiger partial charge is 0.476 e. The third-order valence-electron chi connectivity index (χ3n) is 3.60. The molecule has 2 heterocycles. The van der Waals surface area contributed by atoms with Gasteiger partial charge in [0.1, 0.15) is 0 Å². The van der Waals surface area contributed by atoms with Crippen molar-refractivity contribution in [3.63, 3.8) is 0 Å². The topological polar surface area (TPSA) is 109 Å². The van der Waals surface area contributed by atoms with Gasteiger partial charge in [-0.15, -0.1) is 5.10 Å². The summed E-state index contributed by atoms with van der Waals surface area (Å²) in [6, 6.07) is 0. The maximum absolute atomic E-state index is 11.7. The summed E-state index contributed by atoms with van der Waals surface area (Å²) in [5.74, 6) is -0.483. The summed E-state index contributed by atoms with van der Waals surface area (Å²) in [7, 11) is 0. The number of nitrogens with zero attached hydrogens (tertiary/aromatic N) is 3. The number of amides is 1. The lowest BCUT2D eigenvalue weighted by atomic mass is 9.94. The standard InChI is InChI=1S/C13H21N5O3/c19-12(4-3-10-2-1-5-14-8-10)15-6-7-18-9-11(13(20)21)16-17-18/h9-10,14H,1-8H2,(H,15,19)(H,20,21). The predicted molar refractivity (Wildman–Crippen MR) is 74.8 cm³/mol. The second-order valence-corrected chi connectivity index (χ2v) is 5.27. The van der Waals surface area contributed by atoms with Crippen molar-refractivity contribution in [3.8, 4) is 0 Å². The SMILES string of the molecule is O=C(CCC1CCCNC1)NCCn1cc(C(=O)O)nn1. The van der Waals surface area contributed by atoms with Gasteiger partial charge in [-0.2, -0.15) is 0 Å². The highest BCUT2D eigenvalue weighted by Crippen LogP contribution is 2.15. The molecule has 1 amide bonds. The Labute approximate surface area is 122 Å². The molecule has 2 rings (SSSR count). The molecule has 0 spiro atoms. The smallest absolute Gasteiger partial charge is 0.358 e.